The van der Waals surface area contributed by atoms with E-state index < -0.39 is 11.5 Å². The van der Waals surface area contributed by atoms with E-state index in [9.17, 15) is 14.7 Å². The van der Waals surface area contributed by atoms with Crippen LogP contribution in [0, 0.1) is 6.92 Å². The second kappa shape index (κ2) is 6.19. The number of carboxylic acid groups (broad SMARTS) is 1. The number of benzene rings is 1. The first-order valence-electron chi connectivity index (χ1n) is 6.11. The van der Waals surface area contributed by atoms with E-state index in [1.807, 2.05) is 19.9 Å². The molecule has 2 N–H and O–H groups in total. The molecule has 1 atom stereocenters. The smallest absolute Gasteiger partial charge is 0.329 e. The van der Waals surface area contributed by atoms with E-state index in [0.717, 1.165) is 10.0 Å². The molecular formula is C14H18BrNO3. The molecule has 1 aromatic rings. The Morgan fingerprint density at radius 2 is 2.00 bits per heavy atom. The highest BCUT2D eigenvalue weighted by molar-refractivity contribution is 9.10. The molecule has 0 heterocycles. The molecule has 0 fully saturated rings. The van der Waals surface area contributed by atoms with Gasteiger partial charge in [-0.2, -0.15) is 0 Å². The van der Waals surface area contributed by atoms with E-state index in [-0.39, 0.29) is 5.91 Å². The maximum Gasteiger partial charge on any atom is 0.329 e. The Morgan fingerprint density at radius 1 is 1.37 bits per heavy atom. The van der Waals surface area contributed by atoms with Crippen LogP contribution in [0.2, 0.25) is 0 Å². The number of carbonyl (C=O) groups is 2. The van der Waals surface area contributed by atoms with Crippen molar-refractivity contribution in [3.8, 4) is 0 Å². The topological polar surface area (TPSA) is 66.4 Å². The molecule has 1 unspecified atom stereocenters. The monoisotopic (exact) mass is 327 g/mol. The molecule has 0 aliphatic heterocycles. The van der Waals surface area contributed by atoms with Crippen molar-refractivity contribution in [3.63, 3.8) is 0 Å². The number of nitrogens with one attached hydrogen (secondary N) is 1. The number of rotatable bonds is 5. The van der Waals surface area contributed by atoms with Crippen molar-refractivity contribution in [3.05, 3.63) is 33.8 Å². The van der Waals surface area contributed by atoms with Crippen LogP contribution in [-0.2, 0) is 4.79 Å². The van der Waals surface area contributed by atoms with Gasteiger partial charge in [-0.1, -0.05) is 29.3 Å². The molecule has 19 heavy (non-hydrogen) atoms. The number of amides is 1. The molecule has 104 valence electrons. The fourth-order valence-corrected chi connectivity index (χ4v) is 2.52. The summed E-state index contributed by atoms with van der Waals surface area (Å²) in [6.07, 6.45) is 1.07. The Hall–Kier alpha value is -1.36. The average Bonchev–Trinajstić information content (AvgIpc) is 2.27. The minimum Gasteiger partial charge on any atom is -0.480 e. The minimum absolute atomic E-state index is 0.372. The molecule has 0 aliphatic rings. The Balaban J connectivity index is 2.97. The third-order valence-corrected chi connectivity index (χ3v) is 3.37. The minimum atomic E-state index is -1.23. The van der Waals surface area contributed by atoms with Crippen LogP contribution in [0.1, 0.15) is 42.6 Å². The predicted octanol–water partition coefficient (Wildman–Crippen LogP) is 3.13. The highest BCUT2D eigenvalue weighted by Gasteiger charge is 2.34. The zero-order valence-electron chi connectivity index (χ0n) is 11.3. The Morgan fingerprint density at radius 3 is 2.47 bits per heavy atom. The fourth-order valence-electron chi connectivity index (χ4n) is 1.91. The maximum atomic E-state index is 12.1. The number of hydrogen-bond donors (Lipinski definition) is 2. The Bertz CT molecular complexity index is 481. The first kappa shape index (κ1) is 15.7. The van der Waals surface area contributed by atoms with Crippen LogP contribution in [0.15, 0.2) is 22.7 Å². The van der Waals surface area contributed by atoms with Crippen molar-refractivity contribution in [1.29, 1.82) is 0 Å². The van der Waals surface area contributed by atoms with Crippen molar-refractivity contribution < 1.29 is 14.7 Å². The summed E-state index contributed by atoms with van der Waals surface area (Å²) < 4.78 is 0.796. The second-order valence-electron chi connectivity index (χ2n) is 4.86. The van der Waals surface area contributed by atoms with Gasteiger partial charge in [-0.05, 0) is 44.0 Å². The lowest BCUT2D eigenvalue weighted by Gasteiger charge is -2.25. The van der Waals surface area contributed by atoms with Crippen molar-refractivity contribution >= 4 is 27.8 Å². The third-order valence-electron chi connectivity index (χ3n) is 2.92. The van der Waals surface area contributed by atoms with Gasteiger partial charge < -0.3 is 10.4 Å². The summed E-state index contributed by atoms with van der Waals surface area (Å²) in [7, 11) is 0. The van der Waals surface area contributed by atoms with Crippen LogP contribution in [0.4, 0.5) is 0 Å². The van der Waals surface area contributed by atoms with Gasteiger partial charge in [-0.3, -0.25) is 4.79 Å². The normalized spacial score (nSPS) is 13.7. The fraction of sp³-hybridized carbons (Fsp3) is 0.429. The standard InChI is InChI=1S/C14H18BrNO3/c1-4-5-14(3,13(18)19)16-12(17)10-6-9(2)7-11(15)8-10/h6-8H,4-5H2,1-3H3,(H,16,17)(H,18,19). The Labute approximate surface area is 121 Å². The molecule has 1 rings (SSSR count). The molecular weight excluding hydrogens is 310 g/mol. The zero-order valence-corrected chi connectivity index (χ0v) is 12.9. The van der Waals surface area contributed by atoms with Gasteiger partial charge in [0.05, 0.1) is 0 Å². The van der Waals surface area contributed by atoms with E-state index in [0.29, 0.717) is 18.4 Å². The highest BCUT2D eigenvalue weighted by Crippen LogP contribution is 2.18. The number of aryl methyl sites for hydroxylation is 1. The molecule has 1 aromatic carbocycles. The SMILES string of the molecule is CCCC(C)(NC(=O)c1cc(C)cc(Br)c1)C(=O)O. The van der Waals surface area contributed by atoms with Crippen LogP contribution in [-0.4, -0.2) is 22.5 Å². The van der Waals surface area contributed by atoms with Gasteiger partial charge in [-0.25, -0.2) is 4.79 Å². The van der Waals surface area contributed by atoms with Gasteiger partial charge in [0.15, 0.2) is 0 Å². The van der Waals surface area contributed by atoms with Gasteiger partial charge in [-0.15, -0.1) is 0 Å². The van der Waals surface area contributed by atoms with Crippen molar-refractivity contribution in [2.24, 2.45) is 0 Å². The summed E-state index contributed by atoms with van der Waals surface area (Å²) in [4.78, 5) is 23.4. The predicted molar refractivity (Wildman–Crippen MR) is 77.3 cm³/mol. The number of aliphatic carboxylic acids is 1. The van der Waals surface area contributed by atoms with Gasteiger partial charge in [0.1, 0.15) is 5.54 Å². The summed E-state index contributed by atoms with van der Waals surface area (Å²) in [6, 6.07) is 5.30. The quantitative estimate of drug-likeness (QED) is 0.873. The molecule has 0 radical (unpaired) electrons. The number of carboxylic acids is 1. The maximum absolute atomic E-state index is 12.1. The number of hydrogen-bond acceptors (Lipinski definition) is 2. The summed E-state index contributed by atoms with van der Waals surface area (Å²) in [5.41, 5.74) is 0.157. The first-order valence-corrected chi connectivity index (χ1v) is 6.91. The molecule has 0 saturated carbocycles. The summed E-state index contributed by atoms with van der Waals surface area (Å²) in [5.74, 6) is -1.39. The molecule has 0 aliphatic carbocycles. The van der Waals surface area contributed by atoms with Crippen LogP contribution in [0.3, 0.4) is 0 Å². The van der Waals surface area contributed by atoms with E-state index in [4.69, 9.17) is 0 Å². The zero-order chi connectivity index (χ0) is 14.6. The molecule has 0 spiro atoms. The largest absolute Gasteiger partial charge is 0.480 e. The van der Waals surface area contributed by atoms with Gasteiger partial charge >= 0.3 is 5.97 Å². The molecule has 1 amide bonds. The van der Waals surface area contributed by atoms with Crippen molar-refractivity contribution in [2.75, 3.05) is 0 Å². The lowest BCUT2D eigenvalue weighted by molar-refractivity contribution is -0.144. The van der Waals surface area contributed by atoms with Crippen LogP contribution in [0.25, 0.3) is 0 Å². The number of halogens is 1. The molecule has 5 heteroatoms. The molecule has 0 saturated heterocycles. The summed E-state index contributed by atoms with van der Waals surface area (Å²) >= 11 is 3.32. The van der Waals surface area contributed by atoms with E-state index in [1.54, 1.807) is 12.1 Å². The van der Waals surface area contributed by atoms with E-state index >= 15 is 0 Å². The van der Waals surface area contributed by atoms with Crippen LogP contribution in [0.5, 0.6) is 0 Å². The lowest BCUT2D eigenvalue weighted by atomic mass is 9.95. The summed E-state index contributed by atoms with van der Waals surface area (Å²) in [6.45, 7) is 5.29. The van der Waals surface area contributed by atoms with Gasteiger partial charge in [0.2, 0.25) is 0 Å². The van der Waals surface area contributed by atoms with E-state index in [1.165, 1.54) is 6.92 Å². The summed E-state index contributed by atoms with van der Waals surface area (Å²) in [5, 5.41) is 11.8. The number of carbonyl (C=O) groups excluding carboxylic acids is 1. The van der Waals surface area contributed by atoms with Gasteiger partial charge in [0.25, 0.3) is 5.91 Å². The average molecular weight is 328 g/mol. The second-order valence-corrected chi connectivity index (χ2v) is 5.77. The van der Waals surface area contributed by atoms with Crippen molar-refractivity contribution in [2.45, 2.75) is 39.2 Å². The lowest BCUT2D eigenvalue weighted by Crippen LogP contribution is -2.52. The molecule has 4 nitrogen and oxygen atoms in total. The molecule has 0 bridgehead atoms. The first-order chi connectivity index (χ1) is 8.78. The van der Waals surface area contributed by atoms with Gasteiger partial charge in [0, 0.05) is 10.0 Å². The highest BCUT2D eigenvalue weighted by atomic mass is 79.9. The van der Waals surface area contributed by atoms with Crippen LogP contribution < -0.4 is 5.32 Å². The van der Waals surface area contributed by atoms with Crippen molar-refractivity contribution in [1.82, 2.24) is 5.32 Å². The van der Waals surface area contributed by atoms with E-state index in [2.05, 4.69) is 21.2 Å². The van der Waals surface area contributed by atoms with Crippen LogP contribution >= 0.6 is 15.9 Å². The third kappa shape index (κ3) is 4.06. The Kier molecular flexibility index (Phi) is 5.11. The molecule has 0 aromatic heterocycles.